The normalized spacial score (nSPS) is 10.8. The minimum atomic E-state index is -3.52. The lowest BCUT2D eigenvalue weighted by Gasteiger charge is -2.06. The Balaban J connectivity index is 0.000000194. The Labute approximate surface area is 602 Å². The Bertz CT molecular complexity index is 4940. The number of carboxylic acids is 1. The smallest absolute Gasteiger partial charge is 0.356 e. The predicted molar refractivity (Wildman–Crippen MR) is 383 cm³/mol. The lowest BCUT2D eigenvalue weighted by Crippen LogP contribution is -2.18. The number of nitrogens with zero attached hydrogens (tertiary/aromatic N) is 9. The van der Waals surface area contributed by atoms with E-state index in [0.717, 1.165) is 22.9 Å². The number of carboxylic acid groups (broad SMARTS) is 1. The maximum atomic E-state index is 12.4. The van der Waals surface area contributed by atoms with Gasteiger partial charge in [0, 0.05) is 63.1 Å². The molecule has 0 aliphatic heterocycles. The van der Waals surface area contributed by atoms with E-state index in [1.165, 1.54) is 29.2 Å². The first-order chi connectivity index (χ1) is 48.8. The third-order valence-electron chi connectivity index (χ3n) is 13.1. The molecular formula is C68H67Cl4N13O16S. The van der Waals surface area contributed by atoms with Crippen LogP contribution in [0, 0.1) is 0 Å². The van der Waals surface area contributed by atoms with Crippen LogP contribution < -0.4 is 22.1 Å². The summed E-state index contributed by atoms with van der Waals surface area (Å²) in [6, 6.07) is 37.8. The second-order valence-electron chi connectivity index (χ2n) is 20.6. The van der Waals surface area contributed by atoms with Crippen LogP contribution in [-0.4, -0.2) is 137 Å². The third kappa shape index (κ3) is 24.8. The highest BCUT2D eigenvalue weighted by Crippen LogP contribution is 2.20. The van der Waals surface area contributed by atoms with Crippen molar-refractivity contribution in [3.05, 3.63) is 255 Å². The highest BCUT2D eigenvalue weighted by atomic mass is 35.5. The van der Waals surface area contributed by atoms with Gasteiger partial charge in [0.25, 0.3) is 21.9 Å². The predicted octanol–water partition coefficient (Wildman–Crippen LogP) is 9.41. The van der Waals surface area contributed by atoms with Crippen LogP contribution in [-0.2, 0) is 66.4 Å². The molecule has 0 spiro atoms. The van der Waals surface area contributed by atoms with Crippen molar-refractivity contribution in [1.29, 1.82) is 0 Å². The van der Waals surface area contributed by atoms with E-state index in [1.807, 2.05) is 6.07 Å². The van der Waals surface area contributed by atoms with Gasteiger partial charge in [-0.05, 0) is 157 Å². The number of pyridine rings is 5. The third-order valence-corrected chi connectivity index (χ3v) is 14.7. The molecule has 29 nitrogen and oxygen atoms in total. The standard InChI is InChI=1S/C16H14ClN3O4S.C15H12ClN3O2.C11H12N2O3.C9H8N2O3.C6H6ClN.C6H8N2O.C5H7ClO3/c1-25(22,23)24-10-11-5-6-20-14(9-18-15(20)7-11)16(21)19-13-4-2-3-12(17)8-13;16-11-2-1-3-12(7-11)18-15(21)13-8-17-14-6-10(9-20)4-5-19(13)14;1-2-16-11(15)9-6-12-10-5-8(7-14)3-4-13(9)10;12-5-6-1-2-11-7(9(13)14)4-10-8(11)3-6;7-5-2-1-3-6(8)4-5;7-6-3-5(4-9)1-2-8-6;1-2-9-5(8)4(6)3-7/h2-9H,10H2,1H3,(H,19,21);1-8,20H,9H2,(H,18,21);3-6,14H,2,7H2,1H3;1-4,12H,5H2,(H,13,14);1-4H,8H2;1-3,9H,4H2,(H2,7,8);3-4H,2H2,1H3. The Hall–Kier alpha value is -10.9. The number of imidazole rings is 4. The molecule has 0 saturated carbocycles. The van der Waals surface area contributed by atoms with Crippen LogP contribution in [0.3, 0.4) is 0 Å². The molecule has 102 heavy (non-hydrogen) atoms. The van der Waals surface area contributed by atoms with Crippen molar-refractivity contribution >= 4 is 138 Å². The summed E-state index contributed by atoms with van der Waals surface area (Å²) in [6.45, 7) is 3.73. The number of aliphatic hydroxyl groups is 4. The highest BCUT2D eigenvalue weighted by Gasteiger charge is 2.18. The second-order valence-corrected chi connectivity index (χ2v) is 24.0. The quantitative estimate of drug-likeness (QED) is 0.0102. The van der Waals surface area contributed by atoms with Gasteiger partial charge in [-0.3, -0.25) is 31.4 Å². The number of carbonyl (C=O) groups excluding carboxylic acids is 5. The van der Waals surface area contributed by atoms with Crippen LogP contribution in [0.1, 0.15) is 83.6 Å². The van der Waals surface area contributed by atoms with E-state index in [0.29, 0.717) is 102 Å². The highest BCUT2D eigenvalue weighted by molar-refractivity contribution is 7.85. The molecule has 534 valence electrons. The Morgan fingerprint density at radius 1 is 0.529 bits per heavy atom. The number of anilines is 4. The van der Waals surface area contributed by atoms with E-state index in [9.17, 15) is 37.2 Å². The van der Waals surface area contributed by atoms with Crippen LogP contribution in [0.5, 0.6) is 0 Å². The average Bonchev–Trinajstić information content (AvgIpc) is 1.67. The molecule has 12 aromatic rings. The molecule has 2 amide bonds. The van der Waals surface area contributed by atoms with E-state index in [1.54, 1.807) is 185 Å². The summed E-state index contributed by atoms with van der Waals surface area (Å²) in [5.74, 6) is -2.27. The van der Waals surface area contributed by atoms with Crippen molar-refractivity contribution in [3.63, 3.8) is 0 Å². The number of alkyl halides is 1. The van der Waals surface area contributed by atoms with Crippen LogP contribution in [0.2, 0.25) is 15.1 Å². The summed E-state index contributed by atoms with van der Waals surface area (Å²) < 4.78 is 42.5. The first-order valence-corrected chi connectivity index (χ1v) is 33.3. The van der Waals surface area contributed by atoms with Crippen LogP contribution in [0.25, 0.3) is 22.6 Å². The number of aldehydes is 1. The maximum Gasteiger partial charge on any atom is 0.356 e. The van der Waals surface area contributed by atoms with Gasteiger partial charge in [0.1, 0.15) is 46.1 Å². The molecule has 0 aliphatic rings. The van der Waals surface area contributed by atoms with Crippen LogP contribution in [0.4, 0.5) is 22.9 Å². The first kappa shape index (κ1) is 80.1. The van der Waals surface area contributed by atoms with Crippen molar-refractivity contribution in [2.24, 2.45) is 0 Å². The molecule has 9 aromatic heterocycles. The Morgan fingerprint density at radius 3 is 1.29 bits per heavy atom. The fourth-order valence-electron chi connectivity index (χ4n) is 8.40. The molecule has 9 heterocycles. The molecular weight excluding hydrogens is 1430 g/mol. The second kappa shape index (κ2) is 39.8. The van der Waals surface area contributed by atoms with Gasteiger partial charge in [-0.2, -0.15) is 8.42 Å². The summed E-state index contributed by atoms with van der Waals surface area (Å²) in [4.78, 5) is 87.3. The van der Waals surface area contributed by atoms with Crippen molar-refractivity contribution < 1.29 is 76.4 Å². The number of aromatic nitrogens is 9. The largest absolute Gasteiger partial charge is 0.477 e. The maximum absolute atomic E-state index is 12.4. The lowest BCUT2D eigenvalue weighted by atomic mass is 10.3. The molecule has 34 heteroatoms. The molecule has 3 aromatic carbocycles. The van der Waals surface area contributed by atoms with E-state index >= 15 is 0 Å². The van der Waals surface area contributed by atoms with E-state index in [2.05, 4.69) is 40.3 Å². The monoisotopic (exact) mass is 1490 g/mol. The number of nitrogen functional groups attached to an aromatic ring is 2. The van der Waals surface area contributed by atoms with Crippen LogP contribution in [0.15, 0.2) is 189 Å². The molecule has 0 bridgehead atoms. The molecule has 11 N–H and O–H groups in total. The van der Waals surface area contributed by atoms with Gasteiger partial charge in [-0.1, -0.05) is 53.0 Å². The lowest BCUT2D eigenvalue weighted by molar-refractivity contribution is -0.143. The zero-order valence-corrected chi connectivity index (χ0v) is 58.2. The fraction of sp³-hybridized carbons (Fsp3) is 0.162. The number of carbonyl (C=O) groups is 6. The number of hydrogen-bond donors (Lipinski definition) is 9. The van der Waals surface area contributed by atoms with Gasteiger partial charge in [0.05, 0.1) is 77.3 Å². The van der Waals surface area contributed by atoms with Crippen molar-refractivity contribution in [1.82, 2.24) is 42.5 Å². The summed E-state index contributed by atoms with van der Waals surface area (Å²) in [7, 11) is -3.52. The van der Waals surface area contributed by atoms with Crippen molar-refractivity contribution in [2.45, 2.75) is 52.3 Å². The zero-order valence-electron chi connectivity index (χ0n) is 54.3. The van der Waals surface area contributed by atoms with E-state index in [-0.39, 0.29) is 57.1 Å². The first-order valence-electron chi connectivity index (χ1n) is 29.9. The van der Waals surface area contributed by atoms with Gasteiger partial charge in [-0.15, -0.1) is 11.6 Å². The number of nitrogens with two attached hydrogens (primary N) is 2. The minimum Gasteiger partial charge on any atom is -0.477 e. The molecule has 12 rings (SSSR count). The van der Waals surface area contributed by atoms with Crippen molar-refractivity contribution in [2.75, 3.05) is 41.6 Å². The van der Waals surface area contributed by atoms with E-state index < -0.39 is 33.4 Å². The number of nitrogens with one attached hydrogen (secondary N) is 2. The number of esters is 2. The summed E-state index contributed by atoms with van der Waals surface area (Å²) in [5.41, 5.74) is 19.7. The van der Waals surface area contributed by atoms with Gasteiger partial charge < -0.3 is 61.9 Å². The molecule has 0 fully saturated rings. The number of benzene rings is 3. The number of ether oxygens (including phenoxy) is 2. The number of amides is 2. The summed E-state index contributed by atoms with van der Waals surface area (Å²) in [6.07, 6.45) is 15.2. The number of aliphatic hydroxyl groups excluding tert-OH is 4. The Kier molecular flexibility index (Phi) is 31.2. The molecule has 0 radical (unpaired) electrons. The number of halogens is 4. The topological polar surface area (TPSA) is 424 Å². The van der Waals surface area contributed by atoms with Gasteiger partial charge >= 0.3 is 17.9 Å². The molecule has 1 atom stereocenters. The number of hydrogen-bond acceptors (Lipinski definition) is 22. The Morgan fingerprint density at radius 2 is 0.922 bits per heavy atom. The SMILES string of the molecule is CCOC(=O)C(Cl)C=O.CCOC(=O)c1cnc2cc(CO)ccn12.CS(=O)(=O)OCc1ccn2c(C(=O)Nc3cccc(Cl)c3)cnc2c1.Nc1cc(CO)ccn1.Nc1cccc(Cl)c1.O=C(Nc1cccc(Cl)c1)c1cnc2cc(CO)ccn12.O=C(O)c1cnc2cc(CO)ccn12. The van der Waals surface area contributed by atoms with Gasteiger partial charge in [0.2, 0.25) is 0 Å². The summed E-state index contributed by atoms with van der Waals surface area (Å²) >= 11 is 22.5. The number of aromatic carboxylic acids is 1. The number of rotatable bonds is 17. The molecule has 0 saturated heterocycles. The van der Waals surface area contributed by atoms with Gasteiger partial charge in [-0.25, -0.2) is 39.3 Å². The van der Waals surface area contributed by atoms with Gasteiger partial charge in [0.15, 0.2) is 16.8 Å². The number of fused-ring (bicyclic) bond motifs is 4. The minimum absolute atomic E-state index is 0.0206. The van der Waals surface area contributed by atoms with E-state index in [4.69, 9.17) is 92.3 Å². The van der Waals surface area contributed by atoms with Crippen molar-refractivity contribution in [3.8, 4) is 0 Å². The van der Waals surface area contributed by atoms with Crippen LogP contribution >= 0.6 is 46.4 Å². The molecule has 0 aliphatic carbocycles. The zero-order chi connectivity index (χ0) is 74.5. The fourth-order valence-corrected chi connectivity index (χ4v) is 9.39. The summed E-state index contributed by atoms with van der Waals surface area (Å²) in [5, 5.41) is 50.4. The molecule has 1 unspecified atom stereocenters. The average molecular weight is 1500 g/mol.